The van der Waals surface area contributed by atoms with Gasteiger partial charge in [-0.2, -0.15) is 0 Å². The molecule has 2 N–H and O–H groups in total. The minimum atomic E-state index is -0.476. The molecule has 0 unspecified atom stereocenters. The third-order valence-electron chi connectivity index (χ3n) is 3.46. The van der Waals surface area contributed by atoms with Gasteiger partial charge in [0.25, 0.3) is 5.91 Å². The second kappa shape index (κ2) is 5.84. The molecule has 1 aliphatic heterocycles. The standard InChI is InChI=1S/C12H19N3O3/c16-10(8-15-11(17)7-13-12(15)18)14-9-5-3-1-2-4-6-9/h9H,1-8H2,(H,13,18)(H,14,16). The summed E-state index contributed by atoms with van der Waals surface area (Å²) in [4.78, 5) is 35.4. The minimum absolute atomic E-state index is 0.00442. The third kappa shape index (κ3) is 3.21. The van der Waals surface area contributed by atoms with E-state index < -0.39 is 6.03 Å². The molecule has 4 amide bonds. The molecular weight excluding hydrogens is 234 g/mol. The number of amides is 4. The maximum atomic E-state index is 11.8. The molecule has 1 saturated carbocycles. The Bertz CT molecular complexity index is 332. The van der Waals surface area contributed by atoms with Crippen molar-refractivity contribution in [2.24, 2.45) is 0 Å². The maximum Gasteiger partial charge on any atom is 0.325 e. The fourth-order valence-corrected chi connectivity index (χ4v) is 2.46. The first-order valence-electron chi connectivity index (χ1n) is 6.54. The zero-order valence-corrected chi connectivity index (χ0v) is 10.4. The molecule has 2 fully saturated rings. The van der Waals surface area contributed by atoms with E-state index in [4.69, 9.17) is 0 Å². The monoisotopic (exact) mass is 253 g/mol. The Balaban J connectivity index is 1.80. The first-order chi connectivity index (χ1) is 8.66. The van der Waals surface area contributed by atoms with Crippen LogP contribution in [0.25, 0.3) is 0 Å². The average molecular weight is 253 g/mol. The second-order valence-corrected chi connectivity index (χ2v) is 4.89. The summed E-state index contributed by atoms with van der Waals surface area (Å²) in [6, 6.07) is -0.281. The fourth-order valence-electron chi connectivity index (χ4n) is 2.46. The van der Waals surface area contributed by atoms with Crippen LogP contribution in [0.4, 0.5) is 4.79 Å². The summed E-state index contributed by atoms with van der Waals surface area (Å²) in [6.45, 7) is -0.170. The van der Waals surface area contributed by atoms with Gasteiger partial charge in [-0.05, 0) is 12.8 Å². The molecule has 18 heavy (non-hydrogen) atoms. The molecular formula is C12H19N3O3. The topological polar surface area (TPSA) is 78.5 Å². The van der Waals surface area contributed by atoms with Gasteiger partial charge < -0.3 is 10.6 Å². The Morgan fingerprint density at radius 2 is 1.89 bits per heavy atom. The van der Waals surface area contributed by atoms with Crippen molar-refractivity contribution in [3.8, 4) is 0 Å². The molecule has 0 bridgehead atoms. The summed E-state index contributed by atoms with van der Waals surface area (Å²) in [5, 5.41) is 5.31. The normalized spacial score (nSPS) is 21.7. The van der Waals surface area contributed by atoms with Crippen LogP contribution in [0.1, 0.15) is 38.5 Å². The summed E-state index contributed by atoms with van der Waals surface area (Å²) in [6.07, 6.45) is 6.69. The highest BCUT2D eigenvalue weighted by atomic mass is 16.2. The van der Waals surface area contributed by atoms with Crippen LogP contribution in [0.5, 0.6) is 0 Å². The van der Waals surface area contributed by atoms with Crippen molar-refractivity contribution >= 4 is 17.8 Å². The van der Waals surface area contributed by atoms with Crippen molar-refractivity contribution < 1.29 is 14.4 Å². The summed E-state index contributed by atoms with van der Waals surface area (Å²) in [5.41, 5.74) is 0. The number of hydrogen-bond acceptors (Lipinski definition) is 3. The predicted molar refractivity (Wildman–Crippen MR) is 64.7 cm³/mol. The van der Waals surface area contributed by atoms with Gasteiger partial charge in [-0.25, -0.2) is 4.79 Å². The van der Waals surface area contributed by atoms with E-state index in [-0.39, 0.29) is 30.9 Å². The quantitative estimate of drug-likeness (QED) is 0.563. The number of nitrogens with one attached hydrogen (secondary N) is 2. The van der Waals surface area contributed by atoms with E-state index in [0.717, 1.165) is 30.6 Å². The van der Waals surface area contributed by atoms with E-state index in [1.807, 2.05) is 0 Å². The average Bonchev–Trinajstić information content (AvgIpc) is 2.59. The molecule has 100 valence electrons. The number of hydrogen-bond donors (Lipinski definition) is 2. The number of nitrogens with zero attached hydrogens (tertiary/aromatic N) is 1. The van der Waals surface area contributed by atoms with Gasteiger partial charge in [0.15, 0.2) is 0 Å². The highest BCUT2D eigenvalue weighted by Crippen LogP contribution is 2.17. The smallest absolute Gasteiger partial charge is 0.325 e. The highest BCUT2D eigenvalue weighted by Gasteiger charge is 2.30. The van der Waals surface area contributed by atoms with Crippen molar-refractivity contribution in [2.45, 2.75) is 44.6 Å². The fraction of sp³-hybridized carbons (Fsp3) is 0.750. The molecule has 0 aromatic rings. The molecule has 6 heteroatoms. The molecule has 1 aliphatic carbocycles. The predicted octanol–water partition coefficient (Wildman–Crippen LogP) is 0.377. The lowest BCUT2D eigenvalue weighted by Gasteiger charge is -2.18. The van der Waals surface area contributed by atoms with E-state index >= 15 is 0 Å². The van der Waals surface area contributed by atoms with Gasteiger partial charge in [0.05, 0.1) is 6.54 Å². The largest absolute Gasteiger partial charge is 0.352 e. The number of urea groups is 1. The molecule has 0 spiro atoms. The van der Waals surface area contributed by atoms with Gasteiger partial charge >= 0.3 is 6.03 Å². The van der Waals surface area contributed by atoms with Gasteiger partial charge in [0, 0.05) is 6.04 Å². The number of carbonyl (C=O) groups excluding carboxylic acids is 3. The van der Waals surface area contributed by atoms with Crippen LogP contribution in [-0.4, -0.2) is 41.9 Å². The van der Waals surface area contributed by atoms with Crippen LogP contribution in [-0.2, 0) is 9.59 Å². The maximum absolute atomic E-state index is 11.8. The van der Waals surface area contributed by atoms with E-state index in [1.165, 1.54) is 12.8 Å². The SMILES string of the molecule is O=C(CN1C(=O)CNC1=O)NC1CCCCCC1. The summed E-state index contributed by atoms with van der Waals surface area (Å²) in [7, 11) is 0. The Morgan fingerprint density at radius 1 is 1.22 bits per heavy atom. The lowest BCUT2D eigenvalue weighted by molar-refractivity contribution is -0.131. The number of imide groups is 1. The molecule has 6 nitrogen and oxygen atoms in total. The molecule has 2 rings (SSSR count). The summed E-state index contributed by atoms with van der Waals surface area (Å²) in [5.74, 6) is -0.580. The van der Waals surface area contributed by atoms with Gasteiger partial charge in [-0.1, -0.05) is 25.7 Å². The van der Waals surface area contributed by atoms with Crippen molar-refractivity contribution in [2.75, 3.05) is 13.1 Å². The van der Waals surface area contributed by atoms with Crippen molar-refractivity contribution in [3.05, 3.63) is 0 Å². The Hall–Kier alpha value is -1.59. The van der Waals surface area contributed by atoms with E-state index in [9.17, 15) is 14.4 Å². The Morgan fingerprint density at radius 3 is 2.44 bits per heavy atom. The van der Waals surface area contributed by atoms with Crippen LogP contribution >= 0.6 is 0 Å². The minimum Gasteiger partial charge on any atom is -0.352 e. The zero-order chi connectivity index (χ0) is 13.0. The van der Waals surface area contributed by atoms with Crippen LogP contribution in [0.2, 0.25) is 0 Å². The molecule has 1 heterocycles. The van der Waals surface area contributed by atoms with E-state index in [1.54, 1.807) is 0 Å². The van der Waals surface area contributed by atoms with E-state index in [2.05, 4.69) is 10.6 Å². The molecule has 0 aromatic carbocycles. The van der Waals surface area contributed by atoms with Crippen LogP contribution < -0.4 is 10.6 Å². The van der Waals surface area contributed by atoms with Gasteiger partial charge in [-0.3, -0.25) is 14.5 Å². The molecule has 0 atom stereocenters. The van der Waals surface area contributed by atoms with Gasteiger partial charge in [-0.15, -0.1) is 0 Å². The van der Waals surface area contributed by atoms with Crippen LogP contribution in [0, 0.1) is 0 Å². The first-order valence-corrected chi connectivity index (χ1v) is 6.54. The van der Waals surface area contributed by atoms with Gasteiger partial charge in [0.2, 0.25) is 5.91 Å². The summed E-state index contributed by atoms with van der Waals surface area (Å²) >= 11 is 0. The molecule has 1 saturated heterocycles. The summed E-state index contributed by atoms with van der Waals surface area (Å²) < 4.78 is 0. The lowest BCUT2D eigenvalue weighted by Crippen LogP contribution is -2.44. The Kier molecular flexibility index (Phi) is 4.17. The van der Waals surface area contributed by atoms with Crippen molar-refractivity contribution in [1.82, 2.24) is 15.5 Å². The lowest BCUT2D eigenvalue weighted by atomic mass is 10.1. The van der Waals surface area contributed by atoms with Crippen molar-refractivity contribution in [1.29, 1.82) is 0 Å². The number of rotatable bonds is 3. The highest BCUT2D eigenvalue weighted by molar-refractivity contribution is 6.04. The van der Waals surface area contributed by atoms with E-state index in [0.29, 0.717) is 0 Å². The molecule has 0 aromatic heterocycles. The first kappa shape index (κ1) is 12.9. The van der Waals surface area contributed by atoms with Crippen LogP contribution in [0.3, 0.4) is 0 Å². The molecule has 0 radical (unpaired) electrons. The van der Waals surface area contributed by atoms with Crippen molar-refractivity contribution in [3.63, 3.8) is 0 Å². The third-order valence-corrected chi connectivity index (χ3v) is 3.46. The number of carbonyl (C=O) groups is 3. The van der Waals surface area contributed by atoms with Gasteiger partial charge in [0.1, 0.15) is 6.54 Å². The second-order valence-electron chi connectivity index (χ2n) is 4.89. The molecule has 2 aliphatic rings. The zero-order valence-electron chi connectivity index (χ0n) is 10.4. The van der Waals surface area contributed by atoms with Crippen LogP contribution in [0.15, 0.2) is 0 Å². The Labute approximate surface area is 106 Å².